The number of benzene rings is 1. The molecule has 4 aromatic rings. The maximum absolute atomic E-state index is 14.5. The molecule has 6 nitrogen and oxygen atoms in total. The third-order valence-electron chi connectivity index (χ3n) is 8.28. The normalized spacial score (nSPS) is 26.9. The minimum absolute atomic E-state index is 0.00718. The molecular formula is C27H23BrCl2FN3O3S. The van der Waals surface area contributed by atoms with Gasteiger partial charge in [0.2, 0.25) is 0 Å². The zero-order chi connectivity index (χ0) is 26.2. The van der Waals surface area contributed by atoms with Gasteiger partial charge in [-0.15, -0.1) is 11.3 Å². The number of hydrogen-bond donors (Lipinski definition) is 1. The van der Waals surface area contributed by atoms with Crippen molar-refractivity contribution < 1.29 is 18.8 Å². The van der Waals surface area contributed by atoms with E-state index in [2.05, 4.69) is 31.1 Å². The topological polar surface area (TPSA) is 81.3 Å². The molecule has 38 heavy (non-hydrogen) atoms. The van der Waals surface area contributed by atoms with Crippen molar-refractivity contribution in [2.45, 2.75) is 62.8 Å². The SMILES string of the molecule is O[C@@]1(c2nc3c(F)cc(Br)cc3s2)[C@@H]2CC[C@H]1C[C@H](OCc1c(-c3c(Cl)cncc3Cl)noc1C1CC1)C2. The van der Waals surface area contributed by atoms with Crippen molar-refractivity contribution in [1.29, 1.82) is 0 Å². The van der Waals surface area contributed by atoms with Crippen LogP contribution in [0.1, 0.15) is 60.8 Å². The number of hydrogen-bond acceptors (Lipinski definition) is 7. The van der Waals surface area contributed by atoms with E-state index in [9.17, 15) is 9.50 Å². The molecule has 0 radical (unpaired) electrons. The van der Waals surface area contributed by atoms with E-state index in [1.165, 1.54) is 17.4 Å². The zero-order valence-electron chi connectivity index (χ0n) is 20.1. The Morgan fingerprint density at radius 3 is 2.53 bits per heavy atom. The van der Waals surface area contributed by atoms with Crippen LogP contribution in [-0.2, 0) is 16.9 Å². The summed E-state index contributed by atoms with van der Waals surface area (Å²) in [5.41, 5.74) is 1.33. The van der Waals surface area contributed by atoms with E-state index in [0.717, 1.165) is 41.7 Å². The van der Waals surface area contributed by atoms with Crippen molar-refractivity contribution >= 4 is 60.7 Å². The van der Waals surface area contributed by atoms with Crippen LogP contribution in [0.4, 0.5) is 4.39 Å². The van der Waals surface area contributed by atoms with E-state index < -0.39 is 5.60 Å². The first-order valence-electron chi connectivity index (χ1n) is 12.7. The summed E-state index contributed by atoms with van der Waals surface area (Å²) >= 11 is 17.6. The number of aliphatic hydroxyl groups is 1. The molecule has 1 N–H and O–H groups in total. The lowest BCUT2D eigenvalue weighted by atomic mass is 9.73. The minimum Gasteiger partial charge on any atom is -0.382 e. The van der Waals surface area contributed by atoms with Gasteiger partial charge < -0.3 is 14.4 Å². The van der Waals surface area contributed by atoms with Crippen LogP contribution in [0.3, 0.4) is 0 Å². The number of rotatable bonds is 6. The second-order valence-corrected chi connectivity index (χ2v) is 13.3. The van der Waals surface area contributed by atoms with Gasteiger partial charge in [0.25, 0.3) is 0 Å². The number of aromatic nitrogens is 3. The molecule has 3 aromatic heterocycles. The van der Waals surface area contributed by atoms with Crippen LogP contribution >= 0.6 is 50.5 Å². The van der Waals surface area contributed by atoms with Gasteiger partial charge in [0.05, 0.1) is 27.5 Å². The quantitative estimate of drug-likeness (QED) is 0.230. The number of pyridine rings is 1. The molecule has 11 heteroatoms. The summed E-state index contributed by atoms with van der Waals surface area (Å²) < 4.78 is 28.2. The minimum atomic E-state index is -1.07. The summed E-state index contributed by atoms with van der Waals surface area (Å²) in [5.74, 6) is 0.776. The standard InChI is InChI=1S/C27H23BrCl2FN3O3S/c28-15-7-20(31)24-21(8-15)38-26(33-24)27(35)13-3-4-14(27)6-16(5-13)36-11-17-23(34-37-25(17)12-1-2-12)22-18(29)9-32-10-19(22)30/h7-10,12-14,16,35H,1-6,11H2/t13-,14+,16-,27+. The van der Waals surface area contributed by atoms with Crippen LogP contribution in [-0.4, -0.2) is 26.3 Å². The Labute approximate surface area is 240 Å². The van der Waals surface area contributed by atoms with Gasteiger partial charge in [0, 0.05) is 33.9 Å². The number of nitrogens with zero attached hydrogens (tertiary/aromatic N) is 3. The Morgan fingerprint density at radius 1 is 1.13 bits per heavy atom. The van der Waals surface area contributed by atoms with Crippen molar-refractivity contribution in [3.63, 3.8) is 0 Å². The molecule has 3 saturated carbocycles. The predicted molar refractivity (Wildman–Crippen MR) is 147 cm³/mol. The first-order chi connectivity index (χ1) is 18.3. The largest absolute Gasteiger partial charge is 0.382 e. The average Bonchev–Trinajstić information content (AvgIpc) is 3.46. The molecule has 3 aliphatic carbocycles. The molecule has 0 saturated heterocycles. The van der Waals surface area contributed by atoms with Crippen molar-refractivity contribution in [3.8, 4) is 11.3 Å². The van der Waals surface area contributed by atoms with E-state index in [-0.39, 0.29) is 23.8 Å². The van der Waals surface area contributed by atoms with Gasteiger partial charge in [0.15, 0.2) is 5.82 Å². The Hall–Kier alpha value is -1.62. The summed E-state index contributed by atoms with van der Waals surface area (Å²) in [6.45, 7) is 0.322. The molecule has 0 unspecified atom stereocenters. The fourth-order valence-corrected chi connectivity index (χ4v) is 8.67. The van der Waals surface area contributed by atoms with Gasteiger partial charge in [0.1, 0.15) is 27.6 Å². The van der Waals surface area contributed by atoms with Crippen molar-refractivity contribution in [3.05, 3.63) is 61.2 Å². The lowest BCUT2D eigenvalue weighted by Gasteiger charge is -2.41. The third-order valence-corrected chi connectivity index (χ3v) is 10.5. The van der Waals surface area contributed by atoms with Crippen molar-refractivity contribution in [2.75, 3.05) is 0 Å². The summed E-state index contributed by atoms with van der Waals surface area (Å²) in [6.07, 6.45) is 8.34. The van der Waals surface area contributed by atoms with Gasteiger partial charge >= 0.3 is 0 Å². The van der Waals surface area contributed by atoms with E-state index in [0.29, 0.717) is 61.7 Å². The molecule has 3 heterocycles. The molecule has 1 aromatic carbocycles. The Kier molecular flexibility index (Phi) is 6.33. The van der Waals surface area contributed by atoms with Crippen LogP contribution in [0.25, 0.3) is 21.5 Å². The molecule has 0 spiro atoms. The van der Waals surface area contributed by atoms with Gasteiger partial charge in [-0.1, -0.05) is 44.3 Å². The summed E-state index contributed by atoms with van der Waals surface area (Å²) in [7, 11) is 0. The number of fused-ring (bicyclic) bond motifs is 3. The fourth-order valence-electron chi connectivity index (χ4n) is 6.28. The molecular weight excluding hydrogens is 616 g/mol. The molecule has 4 atom stereocenters. The van der Waals surface area contributed by atoms with Crippen LogP contribution < -0.4 is 0 Å². The second kappa shape index (κ2) is 9.49. The van der Waals surface area contributed by atoms with E-state index in [4.69, 9.17) is 32.5 Å². The smallest absolute Gasteiger partial charge is 0.151 e. The van der Waals surface area contributed by atoms with Crippen LogP contribution in [0, 0.1) is 17.7 Å². The van der Waals surface area contributed by atoms with Crippen molar-refractivity contribution in [1.82, 2.24) is 15.1 Å². The highest BCUT2D eigenvalue weighted by atomic mass is 79.9. The highest BCUT2D eigenvalue weighted by molar-refractivity contribution is 9.10. The highest BCUT2D eigenvalue weighted by Crippen LogP contribution is 2.57. The van der Waals surface area contributed by atoms with Gasteiger partial charge in [-0.05, 0) is 62.5 Å². The molecule has 0 aliphatic heterocycles. The average molecular weight is 639 g/mol. The Bertz CT molecular complexity index is 1520. The Morgan fingerprint density at radius 2 is 1.84 bits per heavy atom. The maximum atomic E-state index is 14.5. The van der Waals surface area contributed by atoms with Crippen LogP contribution in [0.2, 0.25) is 10.0 Å². The predicted octanol–water partition coefficient (Wildman–Crippen LogP) is 8.03. The van der Waals surface area contributed by atoms with E-state index in [1.807, 2.05) is 6.07 Å². The molecule has 0 amide bonds. The maximum Gasteiger partial charge on any atom is 0.151 e. The monoisotopic (exact) mass is 637 g/mol. The molecule has 198 valence electrons. The second-order valence-electron chi connectivity index (χ2n) is 10.6. The lowest BCUT2D eigenvalue weighted by molar-refractivity contribution is -0.116. The Balaban J connectivity index is 1.14. The van der Waals surface area contributed by atoms with Crippen molar-refractivity contribution in [2.24, 2.45) is 11.8 Å². The fraction of sp³-hybridized carbons (Fsp3) is 0.444. The van der Waals surface area contributed by atoms with E-state index in [1.54, 1.807) is 12.4 Å². The van der Waals surface area contributed by atoms with Gasteiger partial charge in [-0.25, -0.2) is 9.37 Å². The first kappa shape index (κ1) is 25.4. The summed E-state index contributed by atoms with van der Waals surface area (Å²) in [4.78, 5) is 8.64. The zero-order valence-corrected chi connectivity index (χ0v) is 24.0. The molecule has 3 aliphatic rings. The van der Waals surface area contributed by atoms with Gasteiger partial charge in [-0.2, -0.15) is 0 Å². The van der Waals surface area contributed by atoms with E-state index >= 15 is 0 Å². The molecule has 2 bridgehead atoms. The van der Waals surface area contributed by atoms with Crippen LogP contribution in [0.15, 0.2) is 33.5 Å². The van der Waals surface area contributed by atoms with Crippen LogP contribution in [0.5, 0.6) is 0 Å². The molecule has 7 rings (SSSR count). The molecule has 3 fully saturated rings. The van der Waals surface area contributed by atoms with Gasteiger partial charge in [-0.3, -0.25) is 4.98 Å². The highest BCUT2D eigenvalue weighted by Gasteiger charge is 2.56. The number of thiazole rings is 1. The third kappa shape index (κ3) is 4.12. The lowest BCUT2D eigenvalue weighted by Crippen LogP contribution is -2.44. The number of ether oxygens (including phenoxy) is 1. The summed E-state index contributed by atoms with van der Waals surface area (Å²) in [5, 5.41) is 17.7. The number of halogens is 4. The first-order valence-corrected chi connectivity index (χ1v) is 15.1. The summed E-state index contributed by atoms with van der Waals surface area (Å²) in [6, 6.07) is 3.27.